The van der Waals surface area contributed by atoms with E-state index in [1.165, 1.54) is 122 Å². The molecule has 0 saturated carbocycles. The molecule has 0 spiro atoms. The summed E-state index contributed by atoms with van der Waals surface area (Å²) < 4.78 is 17.3. The SMILES string of the molecule is CC/C=C\C/C=C\C/C=C\CCCCCCCC(=O)OCC(COCCCCCCCCC/C=C\C/C=C\C/C=C\CCCCC)OC(=O)CCCCCCCCCCC. The highest BCUT2D eigenvalue weighted by Crippen LogP contribution is 2.14. The molecule has 0 fully saturated rings. The maximum Gasteiger partial charge on any atom is 0.306 e. The predicted octanol–water partition coefficient (Wildman–Crippen LogP) is 17.1. The van der Waals surface area contributed by atoms with Crippen LogP contribution in [0.25, 0.3) is 0 Å². The number of hydrogen-bond acceptors (Lipinski definition) is 5. The van der Waals surface area contributed by atoms with Gasteiger partial charge in [-0.05, 0) is 89.9 Å². The second-order valence-corrected chi connectivity index (χ2v) is 16.7. The molecule has 0 heterocycles. The number of hydrogen-bond donors (Lipinski definition) is 0. The lowest BCUT2D eigenvalue weighted by atomic mass is 10.1. The number of esters is 2. The highest BCUT2D eigenvalue weighted by Gasteiger charge is 2.17. The van der Waals surface area contributed by atoms with Gasteiger partial charge in [0.2, 0.25) is 0 Å². The molecule has 0 amide bonds. The number of ether oxygens (including phenoxy) is 3. The predicted molar refractivity (Wildman–Crippen MR) is 260 cm³/mol. The van der Waals surface area contributed by atoms with Gasteiger partial charge in [-0.1, -0.05) is 209 Å². The minimum absolute atomic E-state index is 0.0715. The van der Waals surface area contributed by atoms with Gasteiger partial charge in [-0.25, -0.2) is 0 Å². The molecule has 0 radical (unpaired) electrons. The van der Waals surface area contributed by atoms with E-state index in [1.807, 2.05) is 0 Å². The van der Waals surface area contributed by atoms with E-state index in [0.29, 0.717) is 19.4 Å². The number of rotatable bonds is 46. The first-order valence-corrected chi connectivity index (χ1v) is 25.5. The summed E-state index contributed by atoms with van der Waals surface area (Å²) in [6, 6.07) is 0. The fourth-order valence-corrected chi connectivity index (χ4v) is 6.94. The Balaban J connectivity index is 4.22. The Kier molecular flexibility index (Phi) is 48.4. The summed E-state index contributed by atoms with van der Waals surface area (Å²) in [5.74, 6) is -0.422. The maximum atomic E-state index is 12.7. The second kappa shape index (κ2) is 50.7. The molecule has 0 rings (SSSR count). The molecule has 0 aromatic carbocycles. The van der Waals surface area contributed by atoms with E-state index in [2.05, 4.69) is 93.7 Å². The van der Waals surface area contributed by atoms with Crippen molar-refractivity contribution in [3.8, 4) is 0 Å². The Hall–Kier alpha value is -2.66. The van der Waals surface area contributed by atoms with E-state index in [4.69, 9.17) is 14.2 Å². The van der Waals surface area contributed by atoms with Gasteiger partial charge in [0.1, 0.15) is 6.61 Å². The molecule has 0 saturated heterocycles. The van der Waals surface area contributed by atoms with Gasteiger partial charge in [-0.2, -0.15) is 0 Å². The van der Waals surface area contributed by atoms with Crippen molar-refractivity contribution in [2.45, 2.75) is 245 Å². The molecule has 1 unspecified atom stereocenters. The molecule has 0 N–H and O–H groups in total. The van der Waals surface area contributed by atoms with Crippen molar-refractivity contribution in [1.29, 1.82) is 0 Å². The molecule has 0 bridgehead atoms. The Labute approximate surface area is 372 Å². The van der Waals surface area contributed by atoms with Crippen molar-refractivity contribution in [3.63, 3.8) is 0 Å². The third-order valence-electron chi connectivity index (χ3n) is 10.7. The summed E-state index contributed by atoms with van der Waals surface area (Å²) in [6.45, 7) is 7.64. The van der Waals surface area contributed by atoms with Crippen molar-refractivity contribution in [2.75, 3.05) is 19.8 Å². The Morgan fingerprint density at radius 2 is 0.750 bits per heavy atom. The summed E-state index contributed by atoms with van der Waals surface area (Å²) in [7, 11) is 0. The van der Waals surface area contributed by atoms with Crippen molar-refractivity contribution in [2.24, 2.45) is 0 Å². The van der Waals surface area contributed by atoms with Crippen LogP contribution in [0.4, 0.5) is 0 Å². The van der Waals surface area contributed by atoms with E-state index in [0.717, 1.165) is 83.5 Å². The van der Waals surface area contributed by atoms with Gasteiger partial charge < -0.3 is 14.2 Å². The van der Waals surface area contributed by atoms with E-state index in [1.54, 1.807) is 0 Å². The van der Waals surface area contributed by atoms with E-state index in [9.17, 15) is 9.59 Å². The van der Waals surface area contributed by atoms with Crippen LogP contribution in [0.2, 0.25) is 0 Å². The molecule has 0 aliphatic rings. The zero-order chi connectivity index (χ0) is 43.5. The van der Waals surface area contributed by atoms with Crippen LogP contribution in [0, 0.1) is 0 Å². The zero-order valence-corrected chi connectivity index (χ0v) is 39.7. The second-order valence-electron chi connectivity index (χ2n) is 16.7. The van der Waals surface area contributed by atoms with Crippen LogP contribution in [0.3, 0.4) is 0 Å². The number of carbonyl (C=O) groups is 2. The minimum atomic E-state index is -0.547. The van der Waals surface area contributed by atoms with Crippen LogP contribution in [0.5, 0.6) is 0 Å². The summed E-state index contributed by atoms with van der Waals surface area (Å²) in [4.78, 5) is 25.3. The fraction of sp³-hybridized carbons (Fsp3) is 0.745. The smallest absolute Gasteiger partial charge is 0.306 e. The molecule has 0 aromatic rings. The van der Waals surface area contributed by atoms with Gasteiger partial charge in [-0.15, -0.1) is 0 Å². The maximum absolute atomic E-state index is 12.7. The van der Waals surface area contributed by atoms with Gasteiger partial charge in [-0.3, -0.25) is 9.59 Å². The van der Waals surface area contributed by atoms with Crippen LogP contribution in [-0.2, 0) is 23.8 Å². The summed E-state index contributed by atoms with van der Waals surface area (Å²) in [5, 5.41) is 0. The number of unbranched alkanes of at least 4 members (excludes halogenated alkanes) is 23. The normalized spacial score (nSPS) is 12.8. The standard InChI is InChI=1S/C55H96O5/c1-4-7-10-13-16-19-21-23-25-26-27-28-29-31-33-35-38-41-44-47-50-58-51-53(60-55(57)49-46-43-40-36-18-15-12-9-6-3)52-59-54(56)48-45-42-39-37-34-32-30-24-22-20-17-14-11-8-5-2/h8,11,16-17,19-20,23-25,27-28,30,53H,4-7,9-10,12-15,18,21-22,26,29,31-52H2,1-3H3/b11-8-,19-16-,20-17-,25-23-,28-27-,30-24-. The molecular formula is C55H96O5. The average molecular weight is 837 g/mol. The molecular weight excluding hydrogens is 741 g/mol. The van der Waals surface area contributed by atoms with E-state index in [-0.39, 0.29) is 25.2 Å². The summed E-state index contributed by atoms with van der Waals surface area (Å²) >= 11 is 0. The molecule has 0 aromatic heterocycles. The molecule has 60 heavy (non-hydrogen) atoms. The highest BCUT2D eigenvalue weighted by atomic mass is 16.6. The topological polar surface area (TPSA) is 61.8 Å². The molecule has 0 aliphatic heterocycles. The van der Waals surface area contributed by atoms with Crippen LogP contribution in [-0.4, -0.2) is 37.9 Å². The van der Waals surface area contributed by atoms with Crippen LogP contribution in [0.15, 0.2) is 72.9 Å². The van der Waals surface area contributed by atoms with Crippen molar-refractivity contribution in [1.82, 2.24) is 0 Å². The first kappa shape index (κ1) is 57.3. The van der Waals surface area contributed by atoms with Crippen LogP contribution >= 0.6 is 0 Å². The molecule has 5 heteroatoms. The summed E-state index contributed by atoms with van der Waals surface area (Å²) in [6.07, 6.45) is 64.8. The third kappa shape index (κ3) is 48.0. The van der Waals surface area contributed by atoms with E-state index >= 15 is 0 Å². The van der Waals surface area contributed by atoms with E-state index < -0.39 is 6.10 Å². The largest absolute Gasteiger partial charge is 0.462 e. The fourth-order valence-electron chi connectivity index (χ4n) is 6.94. The van der Waals surface area contributed by atoms with Crippen LogP contribution in [0.1, 0.15) is 239 Å². The number of allylic oxidation sites excluding steroid dienone is 12. The lowest BCUT2D eigenvalue weighted by Crippen LogP contribution is -2.30. The average Bonchev–Trinajstić information content (AvgIpc) is 3.25. The Morgan fingerprint density at radius 1 is 0.383 bits per heavy atom. The zero-order valence-electron chi connectivity index (χ0n) is 39.7. The van der Waals surface area contributed by atoms with Gasteiger partial charge in [0.05, 0.1) is 6.61 Å². The molecule has 5 nitrogen and oxygen atoms in total. The Bertz CT molecular complexity index is 1080. The van der Waals surface area contributed by atoms with Crippen molar-refractivity contribution < 1.29 is 23.8 Å². The lowest BCUT2D eigenvalue weighted by molar-refractivity contribution is -0.163. The Morgan fingerprint density at radius 3 is 1.23 bits per heavy atom. The third-order valence-corrected chi connectivity index (χ3v) is 10.7. The monoisotopic (exact) mass is 837 g/mol. The van der Waals surface area contributed by atoms with Crippen LogP contribution < -0.4 is 0 Å². The van der Waals surface area contributed by atoms with Gasteiger partial charge in [0, 0.05) is 19.4 Å². The summed E-state index contributed by atoms with van der Waals surface area (Å²) in [5.41, 5.74) is 0. The van der Waals surface area contributed by atoms with Gasteiger partial charge in [0.15, 0.2) is 6.10 Å². The first-order chi connectivity index (χ1) is 29.6. The van der Waals surface area contributed by atoms with Gasteiger partial charge in [0.25, 0.3) is 0 Å². The molecule has 346 valence electrons. The lowest BCUT2D eigenvalue weighted by Gasteiger charge is -2.18. The van der Waals surface area contributed by atoms with Crippen molar-refractivity contribution in [3.05, 3.63) is 72.9 Å². The molecule has 1 atom stereocenters. The highest BCUT2D eigenvalue weighted by molar-refractivity contribution is 5.70. The van der Waals surface area contributed by atoms with Gasteiger partial charge >= 0.3 is 11.9 Å². The minimum Gasteiger partial charge on any atom is -0.462 e. The quantitative estimate of drug-likeness (QED) is 0.0347. The number of carbonyl (C=O) groups excluding carboxylic acids is 2. The molecule has 0 aliphatic carbocycles. The first-order valence-electron chi connectivity index (χ1n) is 25.5. The van der Waals surface area contributed by atoms with Crippen molar-refractivity contribution >= 4 is 11.9 Å².